The minimum absolute atomic E-state index is 0.139. The van der Waals surface area contributed by atoms with Crippen LogP contribution in [0.3, 0.4) is 0 Å². The number of hydrazone groups is 1. The number of carbonyl (C=O) groups excluding carboxylic acids is 2. The van der Waals surface area contributed by atoms with Gasteiger partial charge >= 0.3 is 0 Å². The lowest BCUT2D eigenvalue weighted by molar-refractivity contribution is -0.307. The molecule has 0 radical (unpaired) electrons. The van der Waals surface area contributed by atoms with Gasteiger partial charge in [-0.2, -0.15) is 5.10 Å². The van der Waals surface area contributed by atoms with Gasteiger partial charge in [-0.1, -0.05) is 13.0 Å². The van der Waals surface area contributed by atoms with Crippen molar-refractivity contribution in [2.75, 3.05) is 13.2 Å². The summed E-state index contributed by atoms with van der Waals surface area (Å²) in [6.45, 7) is 5.20. The van der Waals surface area contributed by atoms with Gasteiger partial charge in [-0.25, -0.2) is 5.43 Å². The monoisotopic (exact) mass is 383 g/mol. The largest absolute Gasteiger partial charge is 0.546 e. The number of aryl methyl sites for hydroxylation is 2. The number of nitrogens with zero attached hydrogens (tertiary/aromatic N) is 1. The van der Waals surface area contributed by atoms with E-state index in [0.717, 1.165) is 16.7 Å². The number of ether oxygens (including phenoxy) is 2. The molecule has 0 aromatic heterocycles. The summed E-state index contributed by atoms with van der Waals surface area (Å²) in [6.07, 6.45) is 0.595. The summed E-state index contributed by atoms with van der Waals surface area (Å²) < 4.78 is 10.5. The van der Waals surface area contributed by atoms with E-state index in [4.69, 9.17) is 9.47 Å². The van der Waals surface area contributed by atoms with Gasteiger partial charge in [-0.3, -0.25) is 4.79 Å². The topological polar surface area (TPSA) is 100 Å². The van der Waals surface area contributed by atoms with Crippen molar-refractivity contribution < 1.29 is 24.2 Å². The van der Waals surface area contributed by atoms with E-state index in [9.17, 15) is 14.7 Å². The van der Waals surface area contributed by atoms with Crippen molar-refractivity contribution in [2.24, 2.45) is 5.10 Å². The molecule has 0 saturated carbocycles. The predicted molar refractivity (Wildman–Crippen MR) is 103 cm³/mol. The Morgan fingerprint density at radius 2 is 1.57 bits per heavy atom. The zero-order valence-corrected chi connectivity index (χ0v) is 16.2. The highest BCUT2D eigenvalue weighted by Gasteiger charge is 2.06. The van der Waals surface area contributed by atoms with Gasteiger partial charge in [0.2, 0.25) is 0 Å². The number of hydrogen-bond donors (Lipinski definition) is 1. The molecule has 7 heteroatoms. The number of carbonyl (C=O) groups is 2. The molecule has 0 saturated heterocycles. The third-order valence-electron chi connectivity index (χ3n) is 3.76. The molecule has 0 fully saturated rings. The van der Waals surface area contributed by atoms with E-state index in [1.54, 1.807) is 24.3 Å². The molecule has 7 nitrogen and oxygen atoms in total. The Balaban J connectivity index is 1.92. The Kier molecular flexibility index (Phi) is 7.56. The van der Waals surface area contributed by atoms with E-state index < -0.39 is 12.6 Å². The minimum atomic E-state index is -1.29. The van der Waals surface area contributed by atoms with Gasteiger partial charge in [0.15, 0.2) is 6.61 Å². The normalized spacial score (nSPS) is 11.0. The average Bonchev–Trinajstić information content (AvgIpc) is 2.65. The Morgan fingerprint density at radius 3 is 2.14 bits per heavy atom. The maximum absolute atomic E-state index is 12.0. The lowest BCUT2D eigenvalue weighted by Crippen LogP contribution is -2.28. The first-order chi connectivity index (χ1) is 13.4. The molecule has 0 bridgehead atoms. The van der Waals surface area contributed by atoms with Crippen LogP contribution in [-0.2, 0) is 9.59 Å². The molecule has 0 heterocycles. The lowest BCUT2D eigenvalue weighted by atomic mass is 10.1. The molecule has 1 amide bonds. The molecule has 2 rings (SSSR count). The summed E-state index contributed by atoms with van der Waals surface area (Å²) in [5.74, 6) is -0.599. The predicted octanol–water partition coefficient (Wildman–Crippen LogP) is 1.74. The molecular weight excluding hydrogens is 360 g/mol. The smallest absolute Gasteiger partial charge is 0.277 e. The summed E-state index contributed by atoms with van der Waals surface area (Å²) in [5, 5.41) is 14.6. The van der Waals surface area contributed by atoms with E-state index in [-0.39, 0.29) is 12.5 Å². The quantitative estimate of drug-likeness (QED) is 0.525. The van der Waals surface area contributed by atoms with E-state index in [1.807, 2.05) is 39.0 Å². The summed E-state index contributed by atoms with van der Waals surface area (Å²) in [7, 11) is 0. The molecule has 2 aromatic rings. The van der Waals surface area contributed by atoms with Crippen LogP contribution in [0, 0.1) is 13.8 Å². The van der Waals surface area contributed by atoms with Crippen LogP contribution in [0.4, 0.5) is 0 Å². The van der Waals surface area contributed by atoms with E-state index >= 15 is 0 Å². The number of benzene rings is 2. The minimum Gasteiger partial charge on any atom is -0.546 e. The average molecular weight is 383 g/mol. The number of rotatable bonds is 9. The second-order valence-corrected chi connectivity index (χ2v) is 6.24. The van der Waals surface area contributed by atoms with Crippen molar-refractivity contribution in [1.29, 1.82) is 0 Å². The Bertz CT molecular complexity index is 839. The van der Waals surface area contributed by atoms with E-state index in [2.05, 4.69) is 10.5 Å². The maximum Gasteiger partial charge on any atom is 0.277 e. The van der Waals surface area contributed by atoms with Crippen LogP contribution < -0.4 is 20.0 Å². The first kappa shape index (κ1) is 21.0. The number of amides is 1. The fraction of sp³-hybridized carbons (Fsp3) is 0.286. The van der Waals surface area contributed by atoms with E-state index in [1.165, 1.54) is 0 Å². The van der Waals surface area contributed by atoms with E-state index in [0.29, 0.717) is 23.6 Å². The van der Waals surface area contributed by atoms with Crippen LogP contribution in [0.2, 0.25) is 0 Å². The molecule has 1 N–H and O–H groups in total. The van der Waals surface area contributed by atoms with Crippen LogP contribution in [0.15, 0.2) is 47.6 Å². The number of hydrogen-bond acceptors (Lipinski definition) is 6. The molecule has 0 aliphatic rings. The third kappa shape index (κ3) is 6.75. The van der Waals surface area contributed by atoms with Gasteiger partial charge < -0.3 is 19.4 Å². The molecule has 0 aliphatic carbocycles. The zero-order chi connectivity index (χ0) is 20.5. The SMILES string of the molecule is CC/C(=N/NC(=O)COc1cc(C)cc(C)c1)c1ccc(OCC(=O)[O-])cc1. The fourth-order valence-corrected chi connectivity index (χ4v) is 2.56. The van der Waals surface area contributed by atoms with Gasteiger partial charge in [0, 0.05) is 0 Å². The van der Waals surface area contributed by atoms with Crippen LogP contribution in [0.1, 0.15) is 30.0 Å². The molecule has 0 spiro atoms. The highest BCUT2D eigenvalue weighted by molar-refractivity contribution is 6.01. The first-order valence-electron chi connectivity index (χ1n) is 8.87. The highest BCUT2D eigenvalue weighted by Crippen LogP contribution is 2.16. The van der Waals surface area contributed by atoms with Crippen LogP contribution in [0.25, 0.3) is 0 Å². The second kappa shape index (κ2) is 10.1. The molecule has 0 aliphatic heterocycles. The van der Waals surface area contributed by atoms with Crippen molar-refractivity contribution in [2.45, 2.75) is 27.2 Å². The van der Waals surface area contributed by atoms with Gasteiger partial charge in [0.1, 0.15) is 18.1 Å². The maximum atomic E-state index is 12.0. The van der Waals surface area contributed by atoms with Gasteiger partial charge in [-0.15, -0.1) is 0 Å². The summed E-state index contributed by atoms with van der Waals surface area (Å²) in [5.41, 5.74) is 6.08. The Labute approximate surface area is 164 Å². The first-order valence-corrected chi connectivity index (χ1v) is 8.87. The standard InChI is InChI=1S/C21H24N2O5/c1-4-19(16-5-7-17(8-6-16)28-13-21(25)26)22-23-20(24)12-27-18-10-14(2)9-15(3)11-18/h5-11H,4,12-13H2,1-3H3,(H,23,24)(H,25,26)/p-1/b22-19-. The van der Waals surface area contributed by atoms with Crippen LogP contribution >= 0.6 is 0 Å². The summed E-state index contributed by atoms with van der Waals surface area (Å²) >= 11 is 0. The van der Waals surface area contributed by atoms with Gasteiger partial charge in [0.25, 0.3) is 5.91 Å². The molecule has 0 atom stereocenters. The van der Waals surface area contributed by atoms with Crippen LogP contribution in [-0.4, -0.2) is 30.8 Å². The highest BCUT2D eigenvalue weighted by atomic mass is 16.5. The Hall–Kier alpha value is -3.35. The fourth-order valence-electron chi connectivity index (χ4n) is 2.56. The Morgan fingerprint density at radius 1 is 0.964 bits per heavy atom. The van der Waals surface area contributed by atoms with Crippen molar-refractivity contribution >= 4 is 17.6 Å². The number of aliphatic carboxylic acids is 1. The third-order valence-corrected chi connectivity index (χ3v) is 3.76. The zero-order valence-electron chi connectivity index (χ0n) is 16.2. The van der Waals surface area contributed by atoms with Crippen molar-refractivity contribution in [3.63, 3.8) is 0 Å². The van der Waals surface area contributed by atoms with Gasteiger partial charge in [-0.05, 0) is 73.4 Å². The van der Waals surface area contributed by atoms with Gasteiger partial charge in [0.05, 0.1) is 11.7 Å². The van der Waals surface area contributed by atoms with Crippen molar-refractivity contribution in [3.05, 3.63) is 59.2 Å². The molecule has 0 unspecified atom stereocenters. The molecule has 148 valence electrons. The second-order valence-electron chi connectivity index (χ2n) is 6.24. The number of carboxylic acid groups (broad SMARTS) is 1. The lowest BCUT2D eigenvalue weighted by Gasteiger charge is -2.09. The molecular formula is C21H23N2O5-. The molecule has 28 heavy (non-hydrogen) atoms. The summed E-state index contributed by atoms with van der Waals surface area (Å²) in [4.78, 5) is 22.4. The molecule has 2 aromatic carbocycles. The van der Waals surface area contributed by atoms with Crippen molar-refractivity contribution in [1.82, 2.24) is 5.43 Å². The number of carboxylic acids is 1. The van der Waals surface area contributed by atoms with Crippen LogP contribution in [0.5, 0.6) is 11.5 Å². The van der Waals surface area contributed by atoms with Crippen molar-refractivity contribution in [3.8, 4) is 11.5 Å². The summed E-state index contributed by atoms with van der Waals surface area (Å²) in [6, 6.07) is 12.5. The number of nitrogens with one attached hydrogen (secondary N) is 1.